The average molecular weight is 232 g/mol. The number of ether oxygens (including phenoxy) is 1. The second-order valence-electron chi connectivity index (χ2n) is 4.29. The van der Waals surface area contributed by atoms with Gasteiger partial charge in [0.25, 0.3) is 0 Å². The summed E-state index contributed by atoms with van der Waals surface area (Å²) in [5.74, 6) is 0. The topological polar surface area (TPSA) is 46.3 Å². The van der Waals surface area contributed by atoms with Gasteiger partial charge in [0.15, 0.2) is 0 Å². The number of benzene rings is 1. The fourth-order valence-corrected chi connectivity index (χ4v) is 2.34. The lowest BCUT2D eigenvalue weighted by molar-refractivity contribution is 0.0867. The summed E-state index contributed by atoms with van der Waals surface area (Å²) < 4.78 is 5.52. The van der Waals surface area contributed by atoms with Crippen molar-refractivity contribution in [1.29, 1.82) is 0 Å². The first-order chi connectivity index (χ1) is 8.38. The number of hydrogen-bond acceptors (Lipinski definition) is 3. The van der Waals surface area contributed by atoms with E-state index in [1.807, 2.05) is 0 Å². The van der Waals surface area contributed by atoms with E-state index < -0.39 is 0 Å². The number of hydrogen-bond donors (Lipinski definition) is 2. The van der Waals surface area contributed by atoms with Gasteiger partial charge in [-0.15, -0.1) is 0 Å². The second kappa shape index (κ2) is 4.49. The van der Waals surface area contributed by atoms with Crippen LogP contribution in [-0.2, 0) is 29.1 Å². The monoisotopic (exact) mass is 232 g/mol. The van der Waals surface area contributed by atoms with E-state index in [-0.39, 0.29) is 0 Å². The lowest BCUT2D eigenvalue weighted by Gasteiger charge is -2.12. The van der Waals surface area contributed by atoms with Crippen LogP contribution in [0, 0.1) is 0 Å². The zero-order valence-corrected chi connectivity index (χ0v) is 9.88. The predicted octanol–water partition coefficient (Wildman–Crippen LogP) is 1.89. The van der Waals surface area contributed by atoms with Crippen LogP contribution in [0.1, 0.15) is 16.8 Å². The molecule has 0 fully saturated rings. The Balaban J connectivity index is 2.02. The van der Waals surface area contributed by atoms with Gasteiger partial charge < -0.3 is 14.6 Å². The molecule has 0 saturated heterocycles. The van der Waals surface area contributed by atoms with Crippen molar-refractivity contribution in [3.05, 3.63) is 35.0 Å². The van der Waals surface area contributed by atoms with Gasteiger partial charge in [0, 0.05) is 35.1 Å². The number of aromatic amines is 1. The second-order valence-corrected chi connectivity index (χ2v) is 4.29. The van der Waals surface area contributed by atoms with Crippen LogP contribution in [0.25, 0.3) is 10.9 Å². The average Bonchev–Trinajstić information content (AvgIpc) is 2.74. The fourth-order valence-electron chi connectivity index (χ4n) is 2.34. The molecular weight excluding hydrogens is 216 g/mol. The van der Waals surface area contributed by atoms with E-state index in [0.717, 1.165) is 19.6 Å². The Morgan fingerprint density at radius 3 is 3.29 bits per heavy atom. The minimum Gasteiger partial charge on any atom is -0.376 e. The molecule has 17 heavy (non-hydrogen) atoms. The molecule has 2 heterocycles. The minimum atomic E-state index is 0.716. The summed E-state index contributed by atoms with van der Waals surface area (Å²) in [5.41, 5.74) is 7.90. The first kappa shape index (κ1) is 10.8. The van der Waals surface area contributed by atoms with Crippen molar-refractivity contribution in [3.8, 4) is 0 Å². The Kier molecular flexibility index (Phi) is 2.84. The molecule has 2 N–H and O–H groups in total. The van der Waals surface area contributed by atoms with E-state index >= 15 is 0 Å². The zero-order chi connectivity index (χ0) is 11.7. The fraction of sp³-hybridized carbons (Fsp3) is 0.385. The largest absolute Gasteiger partial charge is 0.376 e. The van der Waals surface area contributed by atoms with Gasteiger partial charge in [-0.1, -0.05) is 6.07 Å². The van der Waals surface area contributed by atoms with Gasteiger partial charge in [-0.25, -0.2) is 0 Å². The molecule has 2 aromatic rings. The summed E-state index contributed by atoms with van der Waals surface area (Å²) in [6.45, 7) is 2.25. The third-order valence-electron chi connectivity index (χ3n) is 3.22. The maximum atomic E-state index is 5.52. The molecule has 0 atom stereocenters. The molecule has 4 nitrogen and oxygen atoms in total. The summed E-state index contributed by atoms with van der Waals surface area (Å²) in [5, 5.41) is 1.27. The van der Waals surface area contributed by atoms with Gasteiger partial charge in [-0.3, -0.25) is 0 Å². The van der Waals surface area contributed by atoms with E-state index in [4.69, 9.17) is 9.57 Å². The van der Waals surface area contributed by atoms with E-state index in [1.165, 1.54) is 27.7 Å². The molecular formula is C13H16N2O2. The Labute approximate surface area is 99.9 Å². The normalized spacial score (nSPS) is 15.1. The van der Waals surface area contributed by atoms with Gasteiger partial charge >= 0.3 is 0 Å². The quantitative estimate of drug-likeness (QED) is 0.794. The predicted molar refractivity (Wildman–Crippen MR) is 65.5 cm³/mol. The number of rotatable bonds is 3. The highest BCUT2D eigenvalue weighted by atomic mass is 16.6. The van der Waals surface area contributed by atoms with Crippen LogP contribution in [0.4, 0.5) is 0 Å². The molecule has 0 unspecified atom stereocenters. The van der Waals surface area contributed by atoms with Gasteiger partial charge in [0.1, 0.15) is 0 Å². The summed E-state index contributed by atoms with van der Waals surface area (Å²) >= 11 is 0. The molecule has 0 radical (unpaired) electrons. The molecule has 1 aromatic heterocycles. The standard InChI is InChI=1S/C13H16N2O2/c1-16-14-7-9-2-3-12-10(6-9)11-8-17-5-4-13(11)15-12/h2-3,6,14-15H,4-5,7-8H2,1H3. The summed E-state index contributed by atoms with van der Waals surface area (Å²) in [6, 6.07) is 6.43. The van der Waals surface area contributed by atoms with Crippen LogP contribution < -0.4 is 5.48 Å². The maximum absolute atomic E-state index is 5.52. The molecule has 90 valence electrons. The van der Waals surface area contributed by atoms with E-state index in [9.17, 15) is 0 Å². The molecule has 1 aliphatic heterocycles. The van der Waals surface area contributed by atoms with Crippen LogP contribution in [0.2, 0.25) is 0 Å². The van der Waals surface area contributed by atoms with Crippen molar-refractivity contribution in [3.63, 3.8) is 0 Å². The van der Waals surface area contributed by atoms with Crippen molar-refractivity contribution in [2.75, 3.05) is 13.7 Å². The highest BCUT2D eigenvalue weighted by Gasteiger charge is 2.15. The SMILES string of the molecule is CONCc1ccc2[nH]c3c(c2c1)COCC3. The molecule has 1 aromatic carbocycles. The summed E-state index contributed by atoms with van der Waals surface area (Å²) in [7, 11) is 1.63. The molecule has 0 spiro atoms. The molecule has 1 aliphatic rings. The van der Waals surface area contributed by atoms with Gasteiger partial charge in [0.2, 0.25) is 0 Å². The minimum absolute atomic E-state index is 0.716. The Morgan fingerprint density at radius 1 is 1.47 bits per heavy atom. The Morgan fingerprint density at radius 2 is 2.41 bits per heavy atom. The van der Waals surface area contributed by atoms with E-state index in [0.29, 0.717) is 6.54 Å². The molecule has 0 saturated carbocycles. The smallest absolute Gasteiger partial charge is 0.0740 e. The van der Waals surface area contributed by atoms with Crippen molar-refractivity contribution in [1.82, 2.24) is 10.5 Å². The maximum Gasteiger partial charge on any atom is 0.0740 e. The van der Waals surface area contributed by atoms with E-state index in [2.05, 4.69) is 28.7 Å². The molecule has 0 amide bonds. The molecule has 4 heteroatoms. The van der Waals surface area contributed by atoms with Crippen LogP contribution in [0.3, 0.4) is 0 Å². The number of aromatic nitrogens is 1. The van der Waals surface area contributed by atoms with Crippen molar-refractivity contribution in [2.45, 2.75) is 19.6 Å². The summed E-state index contributed by atoms with van der Waals surface area (Å²) in [4.78, 5) is 8.34. The first-order valence-electron chi connectivity index (χ1n) is 5.84. The molecule has 0 aliphatic carbocycles. The number of hydroxylamine groups is 1. The third-order valence-corrected chi connectivity index (χ3v) is 3.22. The van der Waals surface area contributed by atoms with Gasteiger partial charge in [-0.05, 0) is 17.7 Å². The Hall–Kier alpha value is -1.36. The highest BCUT2D eigenvalue weighted by molar-refractivity contribution is 5.85. The van der Waals surface area contributed by atoms with Crippen molar-refractivity contribution in [2.24, 2.45) is 0 Å². The lowest BCUT2D eigenvalue weighted by atomic mass is 10.1. The summed E-state index contributed by atoms with van der Waals surface area (Å²) in [6.07, 6.45) is 0.982. The van der Waals surface area contributed by atoms with Crippen LogP contribution in [0.15, 0.2) is 18.2 Å². The molecule has 0 bridgehead atoms. The number of nitrogens with one attached hydrogen (secondary N) is 2. The number of H-pyrrole nitrogens is 1. The van der Waals surface area contributed by atoms with Crippen LogP contribution in [0.5, 0.6) is 0 Å². The number of fused-ring (bicyclic) bond motifs is 3. The molecule has 3 rings (SSSR count). The van der Waals surface area contributed by atoms with Crippen LogP contribution in [-0.4, -0.2) is 18.7 Å². The first-order valence-corrected chi connectivity index (χ1v) is 5.84. The van der Waals surface area contributed by atoms with Gasteiger partial charge in [-0.2, -0.15) is 5.48 Å². The van der Waals surface area contributed by atoms with Crippen LogP contribution >= 0.6 is 0 Å². The van der Waals surface area contributed by atoms with Gasteiger partial charge in [0.05, 0.1) is 20.3 Å². The zero-order valence-electron chi connectivity index (χ0n) is 9.88. The third kappa shape index (κ3) is 1.95. The lowest BCUT2D eigenvalue weighted by Crippen LogP contribution is -2.10. The van der Waals surface area contributed by atoms with Crippen molar-refractivity contribution >= 4 is 10.9 Å². The highest BCUT2D eigenvalue weighted by Crippen LogP contribution is 2.27. The van der Waals surface area contributed by atoms with E-state index in [1.54, 1.807) is 7.11 Å². The van der Waals surface area contributed by atoms with Crippen molar-refractivity contribution < 1.29 is 9.57 Å². The Bertz CT molecular complexity index is 533.